The summed E-state index contributed by atoms with van der Waals surface area (Å²) in [6.07, 6.45) is -6.24. The Balaban J connectivity index is 2.25. The van der Waals surface area contributed by atoms with Gasteiger partial charge in [-0.05, 0) is 15.5 Å². The van der Waals surface area contributed by atoms with Crippen LogP contribution in [0.5, 0.6) is 0 Å². The Labute approximate surface area is 185 Å². The van der Waals surface area contributed by atoms with E-state index in [0.717, 1.165) is 13.1 Å². The van der Waals surface area contributed by atoms with E-state index in [1.807, 2.05) is 0 Å². The SMILES string of the molecule is C[C@@H](OP(=O)(O)OP(=O)(O)OP(O)(O)=P)[C@H]1O[C@@H](n2ncc(N)nc2=O)C(Cl)(CF)[C@H]1O. The molecule has 16 nitrogen and oxygen atoms in total. The first-order valence-corrected chi connectivity index (χ1v) is 14.4. The molecule has 0 amide bonds. The van der Waals surface area contributed by atoms with E-state index >= 15 is 0 Å². The number of rotatable bonds is 9. The first kappa shape index (κ1) is 27.9. The number of phosphoric acid groups is 2. The first-order valence-electron chi connectivity index (χ1n) is 8.07. The highest BCUT2D eigenvalue weighted by Gasteiger charge is 2.59. The zero-order chi connectivity index (χ0) is 24.7. The monoisotopic (exact) mass is 564 g/mol. The number of phosphoric ester groups is 1. The van der Waals surface area contributed by atoms with E-state index in [4.69, 9.17) is 31.9 Å². The van der Waals surface area contributed by atoms with Crippen LogP contribution in [0.4, 0.5) is 10.2 Å². The van der Waals surface area contributed by atoms with Crippen molar-refractivity contribution in [1.29, 1.82) is 0 Å². The summed E-state index contributed by atoms with van der Waals surface area (Å²) in [7, 11) is -13.4. The van der Waals surface area contributed by atoms with Crippen molar-refractivity contribution in [2.45, 2.75) is 36.3 Å². The van der Waals surface area contributed by atoms with Crippen molar-refractivity contribution >= 4 is 48.8 Å². The highest BCUT2D eigenvalue weighted by atomic mass is 35.5. The minimum absolute atomic E-state index is 0.270. The lowest BCUT2D eigenvalue weighted by molar-refractivity contribution is -0.0792. The Bertz CT molecular complexity index is 1060. The molecule has 3 unspecified atom stereocenters. The zero-order valence-electron chi connectivity index (χ0n) is 15.7. The third-order valence-electron chi connectivity index (χ3n) is 3.85. The molecule has 22 heteroatoms. The van der Waals surface area contributed by atoms with Gasteiger partial charge in [-0.3, -0.25) is 4.52 Å². The van der Waals surface area contributed by atoms with Crippen LogP contribution in [-0.2, 0) is 27.0 Å². The first-order chi connectivity index (χ1) is 14.4. The molecule has 1 fully saturated rings. The molecule has 1 aliphatic rings. The summed E-state index contributed by atoms with van der Waals surface area (Å²) in [6, 6.07) is 0. The molecule has 32 heavy (non-hydrogen) atoms. The lowest BCUT2D eigenvalue weighted by Gasteiger charge is -2.27. The molecule has 0 radical (unpaired) electrons. The zero-order valence-corrected chi connectivity index (χ0v) is 20.1. The van der Waals surface area contributed by atoms with Crippen LogP contribution in [0.1, 0.15) is 13.2 Å². The summed E-state index contributed by atoms with van der Waals surface area (Å²) in [5, 5.41) is 14.1. The molecule has 0 bridgehead atoms. The van der Waals surface area contributed by atoms with Gasteiger partial charge in [0.05, 0.1) is 12.3 Å². The van der Waals surface area contributed by atoms with E-state index < -0.39 is 64.7 Å². The smallest absolute Gasteiger partial charge is 0.388 e. The second kappa shape index (κ2) is 9.73. The maximum absolute atomic E-state index is 13.8. The van der Waals surface area contributed by atoms with Crippen LogP contribution in [0.2, 0.25) is 0 Å². The molecule has 0 saturated carbocycles. The van der Waals surface area contributed by atoms with Crippen molar-refractivity contribution < 1.29 is 56.1 Å². The molecule has 1 aromatic rings. The van der Waals surface area contributed by atoms with Crippen molar-refractivity contribution in [3.63, 3.8) is 0 Å². The number of aliphatic hydroxyl groups excluding tert-OH is 1. The molecular weight excluding hydrogens is 546 g/mol. The van der Waals surface area contributed by atoms with Crippen LogP contribution < -0.4 is 11.4 Å². The van der Waals surface area contributed by atoms with Gasteiger partial charge in [0.1, 0.15) is 29.6 Å². The number of alkyl halides is 2. The van der Waals surface area contributed by atoms with Crippen LogP contribution >= 0.6 is 43.0 Å². The number of ether oxygens (including phenoxy) is 1. The van der Waals surface area contributed by atoms with Crippen molar-refractivity contribution in [2.75, 3.05) is 12.4 Å². The van der Waals surface area contributed by atoms with E-state index in [2.05, 4.69) is 31.8 Å². The third-order valence-corrected chi connectivity index (χ3v) is 9.08. The molecule has 0 spiro atoms. The summed E-state index contributed by atoms with van der Waals surface area (Å²) >= 11 is 6.12. The fraction of sp³-hybridized carbons (Fsp3) is 0.700. The molecule has 1 aromatic heterocycles. The summed E-state index contributed by atoms with van der Waals surface area (Å²) in [5.74, 6) is -0.270. The van der Waals surface area contributed by atoms with Crippen molar-refractivity contribution in [2.24, 2.45) is 0 Å². The Morgan fingerprint density at radius 1 is 1.38 bits per heavy atom. The van der Waals surface area contributed by atoms with E-state index in [9.17, 15) is 33.2 Å². The predicted molar refractivity (Wildman–Crippen MR) is 107 cm³/mol. The minimum atomic E-state index is -5.54. The minimum Gasteiger partial charge on any atom is -0.388 e. The number of aliphatic hydroxyl groups is 1. The number of hydrogen-bond donors (Lipinski definition) is 6. The molecular formula is C10H18ClFN4O12P4. The Morgan fingerprint density at radius 2 is 1.97 bits per heavy atom. The van der Waals surface area contributed by atoms with Gasteiger partial charge in [0.15, 0.2) is 6.23 Å². The van der Waals surface area contributed by atoms with Gasteiger partial charge in [0, 0.05) is 0 Å². The van der Waals surface area contributed by atoms with Crippen LogP contribution in [0.25, 0.3) is 0 Å². The normalized spacial score (nSPS) is 31.1. The maximum Gasteiger partial charge on any atom is 0.488 e. The standard InChI is InChI=1S/C10H18ClFN4O12P4/c1-4(26-30(19,20)27-31(21,22)28-32(23,24)29)6-7(17)10(11,3-12)8(25-6)16-9(18)15-5(13)2-14-16/h2,4,6-8,17,23-24,29H,3H2,1H3,(H,19,20)(H,21,22)(H2,13,15,18)/t4-,6-,7+,8-,10?/m1/s1. The third kappa shape index (κ3) is 6.62. The molecule has 0 aliphatic carbocycles. The summed E-state index contributed by atoms with van der Waals surface area (Å²) in [5.41, 5.74) is 4.21. The molecule has 1 aliphatic heterocycles. The second-order valence-corrected chi connectivity index (χ2v) is 13.3. The molecule has 2 heterocycles. The highest BCUT2D eigenvalue weighted by Crippen LogP contribution is 2.68. The van der Waals surface area contributed by atoms with Gasteiger partial charge in [0.25, 0.3) is 7.23 Å². The second-order valence-electron chi connectivity index (χ2n) is 6.32. The molecule has 1 saturated heterocycles. The number of halogens is 2. The molecule has 7 atom stereocenters. The summed E-state index contributed by atoms with van der Waals surface area (Å²) < 4.78 is 55.6. The van der Waals surface area contributed by atoms with Crippen LogP contribution in [0.3, 0.4) is 0 Å². The maximum atomic E-state index is 13.8. The number of hydrogen-bond acceptors (Lipinski definition) is 11. The topological polar surface area (TPSA) is 246 Å². The highest BCUT2D eigenvalue weighted by molar-refractivity contribution is 7.91. The number of nitrogens with two attached hydrogens (primary N) is 1. The Kier molecular flexibility index (Phi) is 8.48. The van der Waals surface area contributed by atoms with Crippen LogP contribution in [-0.4, -0.2) is 69.3 Å². The van der Waals surface area contributed by atoms with E-state index in [-0.39, 0.29) is 5.82 Å². The van der Waals surface area contributed by atoms with E-state index in [1.54, 1.807) is 0 Å². The summed E-state index contributed by atoms with van der Waals surface area (Å²) in [4.78, 5) is 50.1. The fourth-order valence-corrected chi connectivity index (χ4v) is 7.10. The molecule has 184 valence electrons. The average Bonchev–Trinajstić information content (AvgIpc) is 2.84. The Morgan fingerprint density at radius 3 is 2.47 bits per heavy atom. The van der Waals surface area contributed by atoms with Crippen LogP contribution in [0.15, 0.2) is 11.0 Å². The van der Waals surface area contributed by atoms with Gasteiger partial charge >= 0.3 is 21.3 Å². The number of nitrogens with zero attached hydrogens (tertiary/aromatic N) is 3. The average molecular weight is 565 g/mol. The number of anilines is 1. The van der Waals surface area contributed by atoms with Crippen molar-refractivity contribution in [1.82, 2.24) is 14.8 Å². The molecule has 0 aromatic carbocycles. The quantitative estimate of drug-likeness (QED) is 0.169. The van der Waals surface area contributed by atoms with Crippen LogP contribution in [0, 0.1) is 0 Å². The van der Waals surface area contributed by atoms with E-state index in [1.165, 1.54) is 0 Å². The summed E-state index contributed by atoms with van der Waals surface area (Å²) in [6.45, 7) is -0.461. The largest absolute Gasteiger partial charge is 0.488 e. The predicted octanol–water partition coefficient (Wildman–Crippen LogP) is -0.130. The van der Waals surface area contributed by atoms with Gasteiger partial charge in [-0.25, -0.2) is 22.6 Å². The van der Waals surface area contributed by atoms with Crippen molar-refractivity contribution in [3.8, 4) is 0 Å². The number of nitrogen functional groups attached to an aromatic ring is 1. The number of aromatic nitrogens is 3. The Hall–Kier alpha value is -0.340. The molecule has 7 N–H and O–H groups in total. The fourth-order valence-electron chi connectivity index (χ4n) is 2.63. The van der Waals surface area contributed by atoms with Gasteiger partial charge < -0.3 is 35.2 Å². The van der Waals surface area contributed by atoms with Crippen molar-refractivity contribution in [3.05, 3.63) is 16.7 Å². The lowest BCUT2D eigenvalue weighted by atomic mass is 9.98. The lowest BCUT2D eigenvalue weighted by Crippen LogP contribution is -2.47. The van der Waals surface area contributed by atoms with E-state index in [0.29, 0.717) is 4.68 Å². The van der Waals surface area contributed by atoms with Gasteiger partial charge in [-0.1, -0.05) is 0 Å². The van der Waals surface area contributed by atoms with Gasteiger partial charge in [0.2, 0.25) is 0 Å². The van der Waals surface area contributed by atoms with Gasteiger partial charge in [-0.2, -0.15) is 19.1 Å². The molecule has 2 rings (SSSR count). The van der Waals surface area contributed by atoms with Gasteiger partial charge in [-0.15, -0.1) is 11.6 Å².